The number of ether oxygens (including phenoxy) is 1. The van der Waals surface area contributed by atoms with E-state index < -0.39 is 0 Å². The smallest absolute Gasteiger partial charge is 0.409 e. The molecule has 0 atom stereocenters. The van der Waals surface area contributed by atoms with Crippen LogP contribution in [-0.2, 0) is 4.74 Å². The van der Waals surface area contributed by atoms with Crippen LogP contribution in [0.2, 0.25) is 0 Å². The van der Waals surface area contributed by atoms with E-state index in [-0.39, 0.29) is 24.8 Å². The van der Waals surface area contributed by atoms with E-state index in [9.17, 15) is 4.79 Å². The van der Waals surface area contributed by atoms with Crippen LogP contribution in [0.4, 0.5) is 4.79 Å². The van der Waals surface area contributed by atoms with Gasteiger partial charge in [-0.2, -0.15) is 0 Å². The number of hydrogen-bond acceptors (Lipinski definition) is 4. The van der Waals surface area contributed by atoms with Crippen LogP contribution in [0.15, 0.2) is 0 Å². The van der Waals surface area contributed by atoms with Gasteiger partial charge in [0, 0.05) is 25.2 Å². The standard InChI is InChI=1S/C10H20N2O3/c1-10(2)8-12(5-4-11(10)3)9(14)15-7-6-13/h13H,4-8H2,1-3H3. The maximum Gasteiger partial charge on any atom is 0.409 e. The monoisotopic (exact) mass is 216 g/mol. The predicted molar refractivity (Wildman–Crippen MR) is 56.7 cm³/mol. The lowest BCUT2D eigenvalue weighted by Crippen LogP contribution is -2.59. The number of hydrogen-bond donors (Lipinski definition) is 1. The van der Waals surface area contributed by atoms with Gasteiger partial charge in [-0.15, -0.1) is 0 Å². The van der Waals surface area contributed by atoms with Gasteiger partial charge in [-0.25, -0.2) is 4.79 Å². The maximum atomic E-state index is 11.5. The highest BCUT2D eigenvalue weighted by Gasteiger charge is 2.33. The Balaban J connectivity index is 2.48. The van der Waals surface area contributed by atoms with E-state index in [2.05, 4.69) is 25.8 Å². The second-order valence-corrected chi connectivity index (χ2v) is 4.49. The van der Waals surface area contributed by atoms with Gasteiger partial charge in [0.1, 0.15) is 6.61 Å². The molecule has 0 bridgehead atoms. The third-order valence-electron chi connectivity index (χ3n) is 2.89. The van der Waals surface area contributed by atoms with Gasteiger partial charge in [-0.1, -0.05) is 0 Å². The summed E-state index contributed by atoms with van der Waals surface area (Å²) < 4.78 is 4.88. The number of likely N-dealkylation sites (N-methyl/N-ethyl adjacent to an activating group) is 1. The molecular weight excluding hydrogens is 196 g/mol. The maximum absolute atomic E-state index is 11.5. The number of piperazine rings is 1. The Labute approximate surface area is 90.6 Å². The highest BCUT2D eigenvalue weighted by atomic mass is 16.6. The van der Waals surface area contributed by atoms with Crippen molar-refractivity contribution in [2.24, 2.45) is 0 Å². The van der Waals surface area contributed by atoms with Gasteiger partial charge in [0.15, 0.2) is 0 Å². The molecule has 88 valence electrons. The Morgan fingerprint density at radius 1 is 1.47 bits per heavy atom. The van der Waals surface area contributed by atoms with Gasteiger partial charge < -0.3 is 14.7 Å². The first-order chi connectivity index (χ1) is 6.97. The minimum absolute atomic E-state index is 0.0174. The molecule has 0 aromatic carbocycles. The van der Waals surface area contributed by atoms with Crippen LogP contribution >= 0.6 is 0 Å². The summed E-state index contributed by atoms with van der Waals surface area (Å²) in [4.78, 5) is 15.4. The molecule has 0 aromatic heterocycles. The number of carbonyl (C=O) groups excluding carboxylic acids is 1. The molecule has 0 aromatic rings. The van der Waals surface area contributed by atoms with E-state index >= 15 is 0 Å². The number of aliphatic hydroxyl groups excluding tert-OH is 1. The lowest BCUT2D eigenvalue weighted by Gasteiger charge is -2.44. The van der Waals surface area contributed by atoms with Crippen molar-refractivity contribution in [2.75, 3.05) is 39.9 Å². The molecule has 15 heavy (non-hydrogen) atoms. The van der Waals surface area contributed by atoms with Crippen molar-refractivity contribution in [1.29, 1.82) is 0 Å². The van der Waals surface area contributed by atoms with E-state index in [0.29, 0.717) is 13.1 Å². The first-order valence-corrected chi connectivity index (χ1v) is 5.21. The molecule has 0 unspecified atom stereocenters. The predicted octanol–water partition coefficient (Wildman–Crippen LogP) is 0.141. The van der Waals surface area contributed by atoms with E-state index in [0.717, 1.165) is 6.54 Å². The van der Waals surface area contributed by atoms with Crippen molar-refractivity contribution in [3.05, 3.63) is 0 Å². The van der Waals surface area contributed by atoms with Gasteiger partial charge in [0.2, 0.25) is 0 Å². The van der Waals surface area contributed by atoms with Crippen molar-refractivity contribution in [2.45, 2.75) is 19.4 Å². The van der Waals surface area contributed by atoms with Crippen LogP contribution < -0.4 is 0 Å². The molecule has 1 amide bonds. The van der Waals surface area contributed by atoms with Crippen LogP contribution in [0.3, 0.4) is 0 Å². The fraction of sp³-hybridized carbons (Fsp3) is 0.900. The molecule has 1 rings (SSSR count). The number of rotatable bonds is 2. The second-order valence-electron chi connectivity index (χ2n) is 4.49. The summed E-state index contributed by atoms with van der Waals surface area (Å²) in [7, 11) is 2.05. The molecule has 1 fully saturated rings. The minimum atomic E-state index is -0.328. The van der Waals surface area contributed by atoms with Crippen LogP contribution in [0.1, 0.15) is 13.8 Å². The normalized spacial score (nSPS) is 21.5. The van der Waals surface area contributed by atoms with Crippen LogP contribution in [0, 0.1) is 0 Å². The largest absolute Gasteiger partial charge is 0.447 e. The van der Waals surface area contributed by atoms with Crippen LogP contribution in [-0.4, -0.2) is 66.4 Å². The zero-order chi connectivity index (χ0) is 11.5. The van der Waals surface area contributed by atoms with Crippen LogP contribution in [0.5, 0.6) is 0 Å². The molecule has 1 N–H and O–H groups in total. The van der Waals surface area contributed by atoms with Crippen LogP contribution in [0.25, 0.3) is 0 Å². The van der Waals surface area contributed by atoms with Crippen molar-refractivity contribution < 1.29 is 14.6 Å². The third kappa shape index (κ3) is 3.07. The molecule has 0 saturated carbocycles. The fourth-order valence-electron chi connectivity index (χ4n) is 1.62. The Hall–Kier alpha value is -0.810. The lowest BCUT2D eigenvalue weighted by atomic mass is 10.0. The summed E-state index contributed by atoms with van der Waals surface area (Å²) in [6.07, 6.45) is -0.328. The Kier molecular flexibility index (Phi) is 3.93. The highest BCUT2D eigenvalue weighted by Crippen LogP contribution is 2.19. The van der Waals surface area contributed by atoms with Crippen molar-refractivity contribution in [3.8, 4) is 0 Å². The number of carbonyl (C=O) groups is 1. The molecule has 1 heterocycles. The Morgan fingerprint density at radius 2 is 2.13 bits per heavy atom. The summed E-state index contributed by atoms with van der Waals surface area (Å²) in [5.74, 6) is 0. The Morgan fingerprint density at radius 3 is 2.67 bits per heavy atom. The van der Waals surface area contributed by atoms with Crippen molar-refractivity contribution in [1.82, 2.24) is 9.80 Å². The SMILES string of the molecule is CN1CCN(C(=O)OCCO)CC1(C)C. The van der Waals surface area contributed by atoms with Gasteiger partial charge in [0.25, 0.3) is 0 Å². The van der Waals surface area contributed by atoms with E-state index in [4.69, 9.17) is 9.84 Å². The Bertz CT molecular complexity index is 231. The lowest BCUT2D eigenvalue weighted by molar-refractivity contribution is 0.0233. The molecule has 1 aliphatic heterocycles. The third-order valence-corrected chi connectivity index (χ3v) is 2.89. The van der Waals surface area contributed by atoms with E-state index in [1.54, 1.807) is 4.90 Å². The summed E-state index contributed by atoms with van der Waals surface area (Å²) in [6.45, 7) is 6.34. The van der Waals surface area contributed by atoms with Gasteiger partial charge >= 0.3 is 6.09 Å². The molecule has 1 aliphatic rings. The van der Waals surface area contributed by atoms with E-state index in [1.165, 1.54) is 0 Å². The van der Waals surface area contributed by atoms with Gasteiger partial charge in [-0.3, -0.25) is 4.90 Å². The molecule has 5 nitrogen and oxygen atoms in total. The van der Waals surface area contributed by atoms with Gasteiger partial charge in [0.05, 0.1) is 6.61 Å². The first-order valence-electron chi connectivity index (χ1n) is 5.21. The van der Waals surface area contributed by atoms with Gasteiger partial charge in [-0.05, 0) is 20.9 Å². The topological polar surface area (TPSA) is 53.0 Å². The quantitative estimate of drug-likeness (QED) is 0.713. The zero-order valence-electron chi connectivity index (χ0n) is 9.69. The molecule has 0 radical (unpaired) electrons. The summed E-state index contributed by atoms with van der Waals surface area (Å²) >= 11 is 0. The number of amides is 1. The first kappa shape index (κ1) is 12.3. The zero-order valence-corrected chi connectivity index (χ0v) is 9.69. The van der Waals surface area contributed by atoms with E-state index in [1.807, 2.05) is 0 Å². The molecular formula is C10H20N2O3. The molecule has 5 heteroatoms. The highest BCUT2D eigenvalue weighted by molar-refractivity contribution is 5.67. The fourth-order valence-corrected chi connectivity index (χ4v) is 1.62. The summed E-state index contributed by atoms with van der Waals surface area (Å²) in [6, 6.07) is 0. The average molecular weight is 216 g/mol. The summed E-state index contributed by atoms with van der Waals surface area (Å²) in [5.41, 5.74) is -0.0174. The minimum Gasteiger partial charge on any atom is -0.447 e. The van der Waals surface area contributed by atoms with Crippen molar-refractivity contribution >= 4 is 6.09 Å². The van der Waals surface area contributed by atoms with Crippen molar-refractivity contribution in [3.63, 3.8) is 0 Å². The summed E-state index contributed by atoms with van der Waals surface area (Å²) in [5, 5.41) is 8.55. The number of nitrogens with zero attached hydrogens (tertiary/aromatic N) is 2. The average Bonchev–Trinajstić information content (AvgIpc) is 2.18. The second kappa shape index (κ2) is 4.81. The molecule has 0 spiro atoms. The molecule has 0 aliphatic carbocycles. The number of aliphatic hydroxyl groups is 1. The molecule has 1 saturated heterocycles.